The average molecular weight is 219 g/mol. The van der Waals surface area contributed by atoms with Gasteiger partial charge in [-0.3, -0.25) is 4.21 Å². The minimum atomic E-state index is -0.622. The van der Waals surface area contributed by atoms with Crippen molar-refractivity contribution in [3.63, 3.8) is 0 Å². The van der Waals surface area contributed by atoms with Crippen LogP contribution in [0.2, 0.25) is 0 Å². The Morgan fingerprint density at radius 3 is 2.43 bits per heavy atom. The maximum absolute atomic E-state index is 11.4. The standard InChI is InChI=1S/C11H25NOS/c1-5-8-12-11(4)7-6-9-14(13)10(2)3/h10-12H,5-9H2,1-4H3. The Morgan fingerprint density at radius 1 is 1.29 bits per heavy atom. The largest absolute Gasteiger partial charge is 0.314 e. The Morgan fingerprint density at radius 2 is 1.93 bits per heavy atom. The van der Waals surface area contributed by atoms with Gasteiger partial charge in [0, 0.05) is 27.8 Å². The zero-order valence-corrected chi connectivity index (χ0v) is 10.8. The van der Waals surface area contributed by atoms with Crippen LogP contribution in [0.4, 0.5) is 0 Å². The summed E-state index contributed by atoms with van der Waals surface area (Å²) in [5.74, 6) is 0.857. The van der Waals surface area contributed by atoms with Gasteiger partial charge in [0.25, 0.3) is 0 Å². The van der Waals surface area contributed by atoms with Gasteiger partial charge in [-0.1, -0.05) is 20.8 Å². The van der Waals surface area contributed by atoms with Gasteiger partial charge in [-0.15, -0.1) is 0 Å². The molecule has 0 radical (unpaired) electrons. The van der Waals surface area contributed by atoms with Crippen molar-refractivity contribution in [1.82, 2.24) is 5.32 Å². The molecule has 0 fully saturated rings. The van der Waals surface area contributed by atoms with Crippen molar-refractivity contribution < 1.29 is 4.21 Å². The molecule has 1 N–H and O–H groups in total. The fourth-order valence-corrected chi connectivity index (χ4v) is 2.18. The van der Waals surface area contributed by atoms with Crippen LogP contribution in [0.15, 0.2) is 0 Å². The maximum atomic E-state index is 11.4. The van der Waals surface area contributed by atoms with E-state index in [9.17, 15) is 4.21 Å². The topological polar surface area (TPSA) is 29.1 Å². The van der Waals surface area contributed by atoms with Gasteiger partial charge < -0.3 is 5.32 Å². The van der Waals surface area contributed by atoms with Crippen LogP contribution in [0.1, 0.15) is 47.0 Å². The molecule has 0 saturated carbocycles. The zero-order valence-electron chi connectivity index (χ0n) is 10.0. The molecular weight excluding hydrogens is 194 g/mol. The van der Waals surface area contributed by atoms with E-state index in [0.29, 0.717) is 11.3 Å². The van der Waals surface area contributed by atoms with Crippen LogP contribution in [0, 0.1) is 0 Å². The lowest BCUT2D eigenvalue weighted by Crippen LogP contribution is -2.27. The van der Waals surface area contributed by atoms with Crippen molar-refractivity contribution in [3.05, 3.63) is 0 Å². The molecule has 2 nitrogen and oxygen atoms in total. The number of nitrogens with one attached hydrogen (secondary N) is 1. The highest BCUT2D eigenvalue weighted by molar-refractivity contribution is 7.85. The Labute approximate surface area is 91.3 Å². The molecule has 0 saturated heterocycles. The summed E-state index contributed by atoms with van der Waals surface area (Å²) in [4.78, 5) is 0. The molecule has 0 aliphatic carbocycles. The predicted octanol–water partition coefficient (Wildman–Crippen LogP) is 2.31. The first-order valence-corrected chi connectivity index (χ1v) is 7.06. The second-order valence-electron chi connectivity index (χ2n) is 4.13. The zero-order chi connectivity index (χ0) is 11.0. The maximum Gasteiger partial charge on any atom is 0.0291 e. The number of hydrogen-bond acceptors (Lipinski definition) is 2. The molecule has 0 aromatic rings. The van der Waals surface area contributed by atoms with E-state index < -0.39 is 10.8 Å². The van der Waals surface area contributed by atoms with Gasteiger partial charge in [-0.2, -0.15) is 0 Å². The monoisotopic (exact) mass is 219 g/mol. The fourth-order valence-electron chi connectivity index (χ4n) is 1.26. The summed E-state index contributed by atoms with van der Waals surface area (Å²) in [7, 11) is -0.622. The molecule has 0 aliphatic heterocycles. The SMILES string of the molecule is CCCNC(C)CCCS(=O)C(C)C. The highest BCUT2D eigenvalue weighted by Gasteiger charge is 2.06. The number of rotatable bonds is 8. The first-order valence-electron chi connectivity index (χ1n) is 5.68. The molecule has 2 unspecified atom stereocenters. The van der Waals surface area contributed by atoms with Crippen molar-refractivity contribution in [3.8, 4) is 0 Å². The normalized spacial score (nSPS) is 15.8. The van der Waals surface area contributed by atoms with E-state index in [2.05, 4.69) is 19.2 Å². The van der Waals surface area contributed by atoms with Crippen LogP contribution in [-0.2, 0) is 10.8 Å². The van der Waals surface area contributed by atoms with E-state index in [1.54, 1.807) is 0 Å². The summed E-state index contributed by atoms with van der Waals surface area (Å²) in [6, 6.07) is 0.569. The van der Waals surface area contributed by atoms with Crippen LogP contribution >= 0.6 is 0 Å². The average Bonchev–Trinajstić information content (AvgIpc) is 2.14. The van der Waals surface area contributed by atoms with E-state index in [1.165, 1.54) is 6.42 Å². The Bertz CT molecular complexity index is 159. The van der Waals surface area contributed by atoms with Crippen molar-refractivity contribution in [2.24, 2.45) is 0 Å². The van der Waals surface area contributed by atoms with E-state index in [-0.39, 0.29) is 0 Å². The van der Waals surface area contributed by atoms with Crippen LogP contribution in [-0.4, -0.2) is 27.8 Å². The smallest absolute Gasteiger partial charge is 0.0291 e. The molecule has 0 aliphatic rings. The van der Waals surface area contributed by atoms with E-state index >= 15 is 0 Å². The number of hydrogen-bond donors (Lipinski definition) is 1. The second-order valence-corrected chi connectivity index (χ2v) is 6.24. The van der Waals surface area contributed by atoms with Gasteiger partial charge in [0.15, 0.2) is 0 Å². The van der Waals surface area contributed by atoms with Crippen LogP contribution in [0.3, 0.4) is 0 Å². The van der Waals surface area contributed by atoms with Gasteiger partial charge in [0.05, 0.1) is 0 Å². The van der Waals surface area contributed by atoms with Crippen LogP contribution < -0.4 is 5.32 Å². The molecule has 2 atom stereocenters. The van der Waals surface area contributed by atoms with Crippen molar-refractivity contribution in [1.29, 1.82) is 0 Å². The first kappa shape index (κ1) is 14.1. The fraction of sp³-hybridized carbons (Fsp3) is 1.00. The molecule has 0 spiro atoms. The lowest BCUT2D eigenvalue weighted by molar-refractivity contribution is 0.508. The van der Waals surface area contributed by atoms with Crippen molar-refractivity contribution in [2.75, 3.05) is 12.3 Å². The van der Waals surface area contributed by atoms with Crippen molar-refractivity contribution in [2.45, 2.75) is 58.2 Å². The molecule has 0 aromatic carbocycles. The summed E-state index contributed by atoms with van der Waals surface area (Å²) < 4.78 is 11.4. The molecule has 0 amide bonds. The van der Waals surface area contributed by atoms with Gasteiger partial charge in [-0.25, -0.2) is 0 Å². The van der Waals surface area contributed by atoms with E-state index in [0.717, 1.165) is 25.1 Å². The Hall–Kier alpha value is 0.110. The molecule has 0 bridgehead atoms. The van der Waals surface area contributed by atoms with E-state index in [1.807, 2.05) is 13.8 Å². The van der Waals surface area contributed by atoms with Gasteiger partial charge >= 0.3 is 0 Å². The Kier molecular flexibility index (Phi) is 8.49. The summed E-state index contributed by atoms with van der Waals surface area (Å²) in [6.07, 6.45) is 3.39. The predicted molar refractivity (Wildman–Crippen MR) is 65.1 cm³/mol. The minimum absolute atomic E-state index is 0.314. The second kappa shape index (κ2) is 8.42. The van der Waals surface area contributed by atoms with Crippen molar-refractivity contribution >= 4 is 10.8 Å². The first-order chi connectivity index (χ1) is 6.57. The molecule has 14 heavy (non-hydrogen) atoms. The molecule has 0 aromatic heterocycles. The highest BCUT2D eigenvalue weighted by Crippen LogP contribution is 2.02. The third kappa shape index (κ3) is 7.51. The van der Waals surface area contributed by atoms with Gasteiger partial charge in [0.2, 0.25) is 0 Å². The summed E-state index contributed by atoms with van der Waals surface area (Å²) in [5.41, 5.74) is 0. The lowest BCUT2D eigenvalue weighted by Gasteiger charge is -2.13. The molecular formula is C11H25NOS. The quantitative estimate of drug-likeness (QED) is 0.679. The van der Waals surface area contributed by atoms with E-state index in [4.69, 9.17) is 0 Å². The molecule has 0 heterocycles. The van der Waals surface area contributed by atoms with Crippen LogP contribution in [0.5, 0.6) is 0 Å². The van der Waals surface area contributed by atoms with Gasteiger partial charge in [0.1, 0.15) is 0 Å². The Balaban J connectivity index is 3.39. The van der Waals surface area contributed by atoms with Crippen LogP contribution in [0.25, 0.3) is 0 Å². The summed E-state index contributed by atoms with van der Waals surface area (Å²) >= 11 is 0. The van der Waals surface area contributed by atoms with Gasteiger partial charge in [-0.05, 0) is 32.7 Å². The molecule has 3 heteroatoms. The third-order valence-electron chi connectivity index (χ3n) is 2.25. The third-order valence-corrected chi connectivity index (χ3v) is 3.99. The lowest BCUT2D eigenvalue weighted by atomic mass is 10.2. The highest BCUT2D eigenvalue weighted by atomic mass is 32.2. The minimum Gasteiger partial charge on any atom is -0.314 e. The molecule has 0 rings (SSSR count). The molecule has 86 valence electrons. The summed E-state index contributed by atoms with van der Waals surface area (Å²) in [5, 5.41) is 3.75. The summed E-state index contributed by atoms with van der Waals surface area (Å²) in [6.45, 7) is 9.51.